The van der Waals surface area contributed by atoms with E-state index in [4.69, 9.17) is 23.8 Å². The summed E-state index contributed by atoms with van der Waals surface area (Å²) in [7, 11) is 0. The summed E-state index contributed by atoms with van der Waals surface area (Å²) in [5.74, 6) is -0.759. The van der Waals surface area contributed by atoms with Gasteiger partial charge in [-0.15, -0.1) is 11.3 Å². The molecule has 0 spiro atoms. The van der Waals surface area contributed by atoms with Gasteiger partial charge in [-0.2, -0.15) is 0 Å². The van der Waals surface area contributed by atoms with Gasteiger partial charge in [0.05, 0.1) is 15.6 Å². The first-order valence-electron chi connectivity index (χ1n) is 7.13. The second kappa shape index (κ2) is 7.24. The fourth-order valence-electron chi connectivity index (χ4n) is 2.21. The van der Waals surface area contributed by atoms with Gasteiger partial charge in [0.2, 0.25) is 0 Å². The summed E-state index contributed by atoms with van der Waals surface area (Å²) in [5.41, 5.74) is -0.223. The summed E-state index contributed by atoms with van der Waals surface area (Å²) in [6.45, 7) is 0. The molecule has 26 heavy (non-hydrogen) atoms. The number of thiocarbonyl (C=S) groups is 1. The first kappa shape index (κ1) is 18.1. The van der Waals surface area contributed by atoms with E-state index < -0.39 is 10.8 Å². The number of phenolic OH excluding ortho intramolecular Hbond substituents is 1. The number of carbonyl (C=O) groups excluding carboxylic acids is 1. The van der Waals surface area contributed by atoms with Gasteiger partial charge in [-0.05, 0) is 24.4 Å². The molecule has 0 aliphatic rings. The number of nitro benzene ring substituents is 1. The van der Waals surface area contributed by atoms with Gasteiger partial charge in [-0.25, -0.2) is 0 Å². The van der Waals surface area contributed by atoms with Crippen molar-refractivity contribution in [1.29, 1.82) is 0 Å². The van der Waals surface area contributed by atoms with Gasteiger partial charge in [0.15, 0.2) is 5.11 Å². The van der Waals surface area contributed by atoms with Crippen LogP contribution >= 0.6 is 35.2 Å². The minimum Gasteiger partial charge on any atom is -0.506 e. The molecule has 10 heteroatoms. The van der Waals surface area contributed by atoms with Gasteiger partial charge in [-0.1, -0.05) is 29.8 Å². The number of non-ortho nitro benzene ring substituents is 1. The number of hydrogen-bond acceptors (Lipinski definition) is 6. The molecule has 0 bridgehead atoms. The smallest absolute Gasteiger partial charge is 0.271 e. The summed E-state index contributed by atoms with van der Waals surface area (Å²) in [6, 6.07) is 10.7. The van der Waals surface area contributed by atoms with E-state index in [0.29, 0.717) is 9.90 Å². The van der Waals surface area contributed by atoms with Crippen LogP contribution in [0.2, 0.25) is 5.02 Å². The molecule has 0 aliphatic carbocycles. The van der Waals surface area contributed by atoms with Crippen LogP contribution in [0.15, 0.2) is 42.5 Å². The summed E-state index contributed by atoms with van der Waals surface area (Å²) in [5, 5.41) is 26.6. The number of benzene rings is 2. The Labute approximate surface area is 161 Å². The third kappa shape index (κ3) is 3.59. The molecule has 0 unspecified atom stereocenters. The van der Waals surface area contributed by atoms with Crippen LogP contribution in [-0.4, -0.2) is 21.0 Å². The van der Waals surface area contributed by atoms with Crippen LogP contribution in [0.5, 0.6) is 5.75 Å². The van der Waals surface area contributed by atoms with E-state index in [1.807, 2.05) is 24.3 Å². The van der Waals surface area contributed by atoms with Crippen LogP contribution in [0.4, 0.5) is 11.4 Å². The van der Waals surface area contributed by atoms with Crippen LogP contribution in [0.3, 0.4) is 0 Å². The number of nitro groups is 1. The fourth-order valence-corrected chi connectivity index (χ4v) is 3.83. The van der Waals surface area contributed by atoms with Gasteiger partial charge in [0, 0.05) is 22.2 Å². The molecule has 2 aromatic carbocycles. The number of phenols is 1. The molecule has 0 saturated carbocycles. The number of anilines is 1. The molecule has 132 valence electrons. The van der Waals surface area contributed by atoms with Crippen LogP contribution < -0.4 is 10.6 Å². The van der Waals surface area contributed by atoms with Crippen LogP contribution in [0.25, 0.3) is 10.1 Å². The maximum absolute atomic E-state index is 12.4. The number of aromatic hydroxyl groups is 1. The van der Waals surface area contributed by atoms with Gasteiger partial charge in [-0.3, -0.25) is 20.2 Å². The predicted octanol–water partition coefficient (Wildman–Crippen LogP) is 4.30. The number of hydrogen-bond donors (Lipinski definition) is 3. The third-order valence-corrected chi connectivity index (χ3v) is 5.29. The summed E-state index contributed by atoms with van der Waals surface area (Å²) < 4.78 is 0.859. The zero-order valence-electron chi connectivity index (χ0n) is 12.9. The Balaban J connectivity index is 1.77. The minimum absolute atomic E-state index is 0.00642. The van der Waals surface area contributed by atoms with Gasteiger partial charge < -0.3 is 10.4 Å². The van der Waals surface area contributed by atoms with Gasteiger partial charge in [0.1, 0.15) is 10.6 Å². The summed E-state index contributed by atoms with van der Waals surface area (Å²) in [6.07, 6.45) is 0. The molecule has 7 nitrogen and oxygen atoms in total. The Hall–Kier alpha value is -2.75. The Kier molecular flexibility index (Phi) is 5.03. The molecule has 1 aromatic heterocycles. The molecule has 0 aliphatic heterocycles. The monoisotopic (exact) mass is 407 g/mol. The van der Waals surface area contributed by atoms with Gasteiger partial charge >= 0.3 is 0 Å². The van der Waals surface area contributed by atoms with Gasteiger partial charge in [0.25, 0.3) is 11.6 Å². The van der Waals surface area contributed by atoms with Crippen molar-refractivity contribution in [3.63, 3.8) is 0 Å². The highest BCUT2D eigenvalue weighted by atomic mass is 35.5. The SMILES string of the molecule is O=C(NC(=S)Nc1cc([N+](=O)[O-])ccc1O)c1sc2ccccc2c1Cl. The highest BCUT2D eigenvalue weighted by Gasteiger charge is 2.18. The Bertz CT molecular complexity index is 1050. The number of carbonyl (C=O) groups is 1. The number of fused-ring (bicyclic) bond motifs is 1. The predicted molar refractivity (Wildman–Crippen MR) is 105 cm³/mol. The maximum Gasteiger partial charge on any atom is 0.271 e. The van der Waals surface area contributed by atoms with Crippen molar-refractivity contribution in [1.82, 2.24) is 5.32 Å². The summed E-state index contributed by atoms with van der Waals surface area (Å²) in [4.78, 5) is 22.9. The van der Waals surface area contributed by atoms with Crippen molar-refractivity contribution < 1.29 is 14.8 Å². The second-order valence-corrected chi connectivity index (χ2v) is 6.95. The summed E-state index contributed by atoms with van der Waals surface area (Å²) >= 11 is 12.5. The number of nitrogens with one attached hydrogen (secondary N) is 2. The largest absolute Gasteiger partial charge is 0.506 e. The minimum atomic E-state index is -0.608. The average Bonchev–Trinajstić information content (AvgIpc) is 2.94. The first-order chi connectivity index (χ1) is 12.4. The van der Waals surface area contributed by atoms with Crippen molar-refractivity contribution in [2.45, 2.75) is 0 Å². The molecule has 1 amide bonds. The number of halogens is 1. The normalized spacial score (nSPS) is 10.5. The van der Waals surface area contributed by atoms with Crippen molar-refractivity contribution in [3.8, 4) is 5.75 Å². The zero-order chi connectivity index (χ0) is 18.8. The standard InChI is InChI=1S/C16H10ClN3O4S2/c17-13-9-3-1-2-4-12(9)26-14(13)15(22)19-16(25)18-10-7-8(20(23)24)5-6-11(10)21/h1-7,21H,(H2,18,19,22,25). The maximum atomic E-state index is 12.4. The highest BCUT2D eigenvalue weighted by Crippen LogP contribution is 2.35. The van der Waals surface area contributed by atoms with E-state index in [-0.39, 0.29) is 22.2 Å². The molecule has 0 atom stereocenters. The quantitative estimate of drug-likeness (QED) is 0.259. The molecule has 0 fully saturated rings. The van der Waals surface area contributed by atoms with E-state index in [1.54, 1.807) is 0 Å². The van der Waals surface area contributed by atoms with E-state index in [9.17, 15) is 20.0 Å². The zero-order valence-corrected chi connectivity index (χ0v) is 15.2. The van der Waals surface area contributed by atoms with Crippen molar-refractivity contribution in [2.24, 2.45) is 0 Å². The fraction of sp³-hybridized carbons (Fsp3) is 0. The first-order valence-corrected chi connectivity index (χ1v) is 8.74. The van der Waals surface area contributed by atoms with Crippen molar-refractivity contribution >= 4 is 67.6 Å². The Morgan fingerprint density at radius 1 is 1.27 bits per heavy atom. The Morgan fingerprint density at radius 3 is 2.69 bits per heavy atom. The van der Waals surface area contributed by atoms with Crippen LogP contribution in [0, 0.1) is 10.1 Å². The molecular formula is C16H10ClN3O4S2. The van der Waals surface area contributed by atoms with E-state index in [0.717, 1.165) is 28.3 Å². The van der Waals surface area contributed by atoms with E-state index in [2.05, 4.69) is 10.6 Å². The lowest BCUT2D eigenvalue weighted by Crippen LogP contribution is -2.33. The third-order valence-electron chi connectivity index (χ3n) is 3.41. The number of amides is 1. The lowest BCUT2D eigenvalue weighted by atomic mass is 10.2. The lowest BCUT2D eigenvalue weighted by Gasteiger charge is -2.10. The topological polar surface area (TPSA) is 104 Å². The average molecular weight is 408 g/mol. The van der Waals surface area contributed by atoms with Crippen molar-refractivity contribution in [2.75, 3.05) is 5.32 Å². The van der Waals surface area contributed by atoms with Crippen LogP contribution in [0.1, 0.15) is 9.67 Å². The lowest BCUT2D eigenvalue weighted by molar-refractivity contribution is -0.384. The Morgan fingerprint density at radius 2 is 2.00 bits per heavy atom. The van der Waals surface area contributed by atoms with Crippen molar-refractivity contribution in [3.05, 3.63) is 62.5 Å². The molecule has 3 N–H and O–H groups in total. The number of rotatable bonds is 3. The van der Waals surface area contributed by atoms with Crippen LogP contribution in [-0.2, 0) is 0 Å². The van der Waals surface area contributed by atoms with E-state index in [1.165, 1.54) is 11.3 Å². The number of thiophene rings is 1. The molecular weight excluding hydrogens is 398 g/mol. The number of nitrogens with zero attached hydrogens (tertiary/aromatic N) is 1. The molecule has 0 saturated heterocycles. The molecule has 3 rings (SSSR count). The molecule has 3 aromatic rings. The molecule has 1 heterocycles. The second-order valence-electron chi connectivity index (χ2n) is 5.11. The highest BCUT2D eigenvalue weighted by molar-refractivity contribution is 7.80. The molecule has 0 radical (unpaired) electrons. The van der Waals surface area contributed by atoms with E-state index >= 15 is 0 Å².